The van der Waals surface area contributed by atoms with E-state index in [-0.39, 0.29) is 24.3 Å². The van der Waals surface area contributed by atoms with Crippen LogP contribution >= 0.6 is 34.5 Å². The van der Waals surface area contributed by atoms with Crippen molar-refractivity contribution in [2.24, 2.45) is 4.99 Å². The second-order valence-electron chi connectivity index (χ2n) is 9.50. The van der Waals surface area contributed by atoms with Crippen LogP contribution in [0.5, 0.6) is 17.2 Å². The summed E-state index contributed by atoms with van der Waals surface area (Å²) in [5, 5.41) is 0.700. The van der Waals surface area contributed by atoms with Gasteiger partial charge in [-0.05, 0) is 55.3 Å². The van der Waals surface area contributed by atoms with Crippen LogP contribution in [0.1, 0.15) is 36.6 Å². The molecule has 3 aromatic carbocycles. The molecular formula is C32H28Cl2N2O6S. The number of methoxy groups -OCH3 is 2. The molecular weight excluding hydrogens is 611 g/mol. The number of allylic oxidation sites excluding steroid dienone is 1. The number of esters is 1. The Hall–Kier alpha value is -4.05. The normalized spacial score (nSPS) is 14.7. The van der Waals surface area contributed by atoms with Gasteiger partial charge in [-0.3, -0.25) is 9.36 Å². The number of carbonyl (C=O) groups is 1. The van der Waals surface area contributed by atoms with Crippen LogP contribution in [0.15, 0.2) is 81.7 Å². The Labute approximate surface area is 262 Å². The Balaban J connectivity index is 1.68. The zero-order valence-electron chi connectivity index (χ0n) is 23.9. The van der Waals surface area contributed by atoms with E-state index in [2.05, 4.69) is 4.99 Å². The molecule has 1 aliphatic heterocycles. The van der Waals surface area contributed by atoms with Gasteiger partial charge in [0.1, 0.15) is 12.4 Å². The Morgan fingerprint density at radius 3 is 2.49 bits per heavy atom. The molecule has 0 bridgehead atoms. The van der Waals surface area contributed by atoms with Crippen molar-refractivity contribution in [3.63, 3.8) is 0 Å². The molecule has 0 saturated carbocycles. The van der Waals surface area contributed by atoms with Crippen LogP contribution in [0.25, 0.3) is 6.08 Å². The summed E-state index contributed by atoms with van der Waals surface area (Å²) in [4.78, 5) is 32.4. The third-order valence-corrected chi connectivity index (χ3v) is 8.27. The molecule has 0 saturated heterocycles. The predicted molar refractivity (Wildman–Crippen MR) is 167 cm³/mol. The number of ether oxygens (including phenoxy) is 4. The molecule has 0 fully saturated rings. The summed E-state index contributed by atoms with van der Waals surface area (Å²) in [5.74, 6) is 0.795. The zero-order chi connectivity index (χ0) is 30.7. The van der Waals surface area contributed by atoms with E-state index >= 15 is 0 Å². The molecule has 0 radical (unpaired) electrons. The average Bonchev–Trinajstić information content (AvgIpc) is 3.29. The summed E-state index contributed by atoms with van der Waals surface area (Å²) < 4.78 is 24.3. The molecule has 43 heavy (non-hydrogen) atoms. The van der Waals surface area contributed by atoms with Crippen LogP contribution in [0, 0.1) is 0 Å². The Morgan fingerprint density at radius 2 is 1.79 bits per heavy atom. The van der Waals surface area contributed by atoms with E-state index in [1.54, 1.807) is 50.3 Å². The van der Waals surface area contributed by atoms with E-state index in [1.165, 1.54) is 30.1 Å². The highest BCUT2D eigenvalue weighted by molar-refractivity contribution is 7.07. The van der Waals surface area contributed by atoms with Gasteiger partial charge in [-0.25, -0.2) is 9.79 Å². The molecule has 0 unspecified atom stereocenters. The van der Waals surface area contributed by atoms with Crippen molar-refractivity contribution in [1.29, 1.82) is 0 Å². The van der Waals surface area contributed by atoms with E-state index in [4.69, 9.17) is 42.1 Å². The first kappa shape index (κ1) is 30.4. The van der Waals surface area contributed by atoms with Crippen LogP contribution < -0.4 is 29.1 Å². The van der Waals surface area contributed by atoms with Crippen LogP contribution in [-0.2, 0) is 16.1 Å². The number of hydrogen-bond acceptors (Lipinski definition) is 8. The van der Waals surface area contributed by atoms with Crippen molar-refractivity contribution in [3.8, 4) is 17.2 Å². The van der Waals surface area contributed by atoms with Crippen molar-refractivity contribution in [1.82, 2.24) is 4.57 Å². The first-order valence-corrected chi connectivity index (χ1v) is 14.9. The summed E-state index contributed by atoms with van der Waals surface area (Å²) in [5.41, 5.74) is 2.45. The number of aromatic nitrogens is 1. The molecule has 0 amide bonds. The molecule has 1 aromatic heterocycles. The molecule has 11 heteroatoms. The van der Waals surface area contributed by atoms with E-state index in [0.29, 0.717) is 53.5 Å². The lowest BCUT2D eigenvalue weighted by Crippen LogP contribution is -2.40. The highest BCUT2D eigenvalue weighted by Crippen LogP contribution is 2.37. The predicted octanol–water partition coefficient (Wildman–Crippen LogP) is 5.70. The van der Waals surface area contributed by atoms with Gasteiger partial charge in [-0.2, -0.15) is 0 Å². The quantitative estimate of drug-likeness (QED) is 0.219. The molecule has 2 heterocycles. The molecule has 0 aliphatic carbocycles. The first-order valence-electron chi connectivity index (χ1n) is 13.3. The maximum atomic E-state index is 14.1. The Kier molecular flexibility index (Phi) is 9.25. The molecule has 0 N–H and O–H groups in total. The summed E-state index contributed by atoms with van der Waals surface area (Å²) in [6, 6.07) is 17.4. The van der Waals surface area contributed by atoms with Gasteiger partial charge >= 0.3 is 5.97 Å². The molecule has 222 valence electrons. The van der Waals surface area contributed by atoms with Crippen molar-refractivity contribution in [2.45, 2.75) is 26.5 Å². The lowest BCUT2D eigenvalue weighted by atomic mass is 9.95. The summed E-state index contributed by atoms with van der Waals surface area (Å²) in [7, 11) is 3.06. The van der Waals surface area contributed by atoms with Gasteiger partial charge in [-0.1, -0.05) is 70.9 Å². The molecule has 8 nitrogen and oxygen atoms in total. The van der Waals surface area contributed by atoms with Gasteiger partial charge < -0.3 is 18.9 Å². The van der Waals surface area contributed by atoms with Gasteiger partial charge in [0, 0.05) is 10.6 Å². The lowest BCUT2D eigenvalue weighted by Gasteiger charge is -2.25. The number of benzene rings is 3. The van der Waals surface area contributed by atoms with Crippen LogP contribution in [-0.4, -0.2) is 31.4 Å². The number of halogens is 2. The van der Waals surface area contributed by atoms with Gasteiger partial charge in [-0.15, -0.1) is 0 Å². The first-order chi connectivity index (χ1) is 20.7. The second kappa shape index (κ2) is 13.1. The van der Waals surface area contributed by atoms with Crippen LogP contribution in [0.3, 0.4) is 0 Å². The topological polar surface area (TPSA) is 88.4 Å². The maximum absolute atomic E-state index is 14.1. The van der Waals surface area contributed by atoms with Crippen molar-refractivity contribution in [2.75, 3.05) is 20.8 Å². The highest BCUT2D eigenvalue weighted by Gasteiger charge is 2.34. The number of nitrogens with zero attached hydrogens (tertiary/aromatic N) is 2. The van der Waals surface area contributed by atoms with Crippen molar-refractivity contribution in [3.05, 3.63) is 118 Å². The number of rotatable bonds is 9. The standard InChI is InChI=1S/C32H28Cl2N2O6S/c1-5-41-31(38)27-18(2)35-32-36(28(27)20-11-12-24(39-3)25(14-20)40-4)30(37)26(43-32)15-21-13-22(33)16-23(34)29(21)42-17-19-9-7-6-8-10-19/h6-16,28H,5,17H2,1-4H3/b26-15-/t28-/m0/s1. The fourth-order valence-corrected chi connectivity index (χ4v) is 6.44. The largest absolute Gasteiger partial charge is 0.493 e. The van der Waals surface area contributed by atoms with Gasteiger partial charge in [0.2, 0.25) is 0 Å². The molecule has 5 rings (SSSR count). The average molecular weight is 640 g/mol. The minimum atomic E-state index is -0.825. The lowest BCUT2D eigenvalue weighted by molar-refractivity contribution is -0.139. The maximum Gasteiger partial charge on any atom is 0.338 e. The summed E-state index contributed by atoms with van der Waals surface area (Å²) >= 11 is 14.1. The monoisotopic (exact) mass is 638 g/mol. The van der Waals surface area contributed by atoms with Crippen LogP contribution in [0.4, 0.5) is 0 Å². The third-order valence-electron chi connectivity index (χ3n) is 6.79. The van der Waals surface area contributed by atoms with E-state index < -0.39 is 12.0 Å². The minimum Gasteiger partial charge on any atom is -0.493 e. The van der Waals surface area contributed by atoms with E-state index in [1.807, 2.05) is 30.3 Å². The van der Waals surface area contributed by atoms with E-state index in [9.17, 15) is 9.59 Å². The third kappa shape index (κ3) is 6.20. The number of carbonyl (C=O) groups excluding carboxylic acids is 1. The second-order valence-corrected chi connectivity index (χ2v) is 11.3. The smallest absolute Gasteiger partial charge is 0.338 e. The number of thiazole rings is 1. The fraction of sp³-hybridized carbons (Fsp3) is 0.219. The molecule has 1 aliphatic rings. The van der Waals surface area contributed by atoms with Gasteiger partial charge in [0.25, 0.3) is 5.56 Å². The SMILES string of the molecule is CCOC(=O)C1=C(C)N=c2s/c(=C\c3cc(Cl)cc(Cl)c3OCc3ccccc3)c(=O)n2[C@H]1c1ccc(OC)c(OC)c1. The van der Waals surface area contributed by atoms with Crippen molar-refractivity contribution >= 4 is 46.6 Å². The number of fused-ring (bicyclic) bond motifs is 1. The summed E-state index contributed by atoms with van der Waals surface area (Å²) in [6.45, 7) is 3.89. The van der Waals surface area contributed by atoms with Gasteiger partial charge in [0.15, 0.2) is 16.3 Å². The zero-order valence-corrected chi connectivity index (χ0v) is 26.2. The van der Waals surface area contributed by atoms with Gasteiger partial charge in [0.05, 0.1) is 47.7 Å². The van der Waals surface area contributed by atoms with Crippen LogP contribution in [0.2, 0.25) is 10.0 Å². The Bertz CT molecular complexity index is 1900. The fourth-order valence-electron chi connectivity index (χ4n) is 4.84. The van der Waals surface area contributed by atoms with E-state index in [0.717, 1.165) is 5.56 Å². The highest BCUT2D eigenvalue weighted by atomic mass is 35.5. The number of hydrogen-bond donors (Lipinski definition) is 0. The molecule has 0 spiro atoms. The molecule has 4 aromatic rings. The molecule has 1 atom stereocenters. The van der Waals surface area contributed by atoms with Crippen molar-refractivity contribution < 1.29 is 23.7 Å². The summed E-state index contributed by atoms with van der Waals surface area (Å²) in [6.07, 6.45) is 1.68. The minimum absolute atomic E-state index is 0.167. The Morgan fingerprint density at radius 1 is 1.05 bits per heavy atom.